The molecule has 146 valence electrons. The summed E-state index contributed by atoms with van der Waals surface area (Å²) in [7, 11) is 0. The average molecular weight is 377 g/mol. The van der Waals surface area contributed by atoms with Gasteiger partial charge in [-0.1, -0.05) is 43.7 Å². The van der Waals surface area contributed by atoms with E-state index in [2.05, 4.69) is 24.2 Å². The van der Waals surface area contributed by atoms with Crippen molar-refractivity contribution in [1.82, 2.24) is 5.43 Å². The van der Waals surface area contributed by atoms with Gasteiger partial charge in [0.05, 0.1) is 5.69 Å². The second-order valence-electron chi connectivity index (χ2n) is 7.05. The Bertz CT molecular complexity index is 864. The van der Waals surface area contributed by atoms with Crippen LogP contribution in [0.1, 0.15) is 37.8 Å². The molecule has 3 rings (SSSR count). The fraction of sp³-hybridized carbons (Fsp3) is 0.304. The number of hydrogen-bond acceptors (Lipinski definition) is 3. The number of hydrogen-bond donors (Lipinski definition) is 1. The first-order chi connectivity index (χ1) is 13.5. The molecular formula is C23H27N3O2. The number of aryl methyl sites for hydroxylation is 1. The summed E-state index contributed by atoms with van der Waals surface area (Å²) in [5.74, 6) is -0.718. The van der Waals surface area contributed by atoms with Crippen molar-refractivity contribution in [2.45, 2.75) is 33.6 Å². The van der Waals surface area contributed by atoms with Crippen molar-refractivity contribution in [3.05, 3.63) is 65.2 Å². The molecule has 0 spiro atoms. The molecule has 1 N–H and O–H groups in total. The highest BCUT2D eigenvalue weighted by atomic mass is 16.2. The van der Waals surface area contributed by atoms with Gasteiger partial charge in [-0.05, 0) is 55.7 Å². The quantitative estimate of drug-likeness (QED) is 0.584. The first-order valence-electron chi connectivity index (χ1n) is 9.82. The van der Waals surface area contributed by atoms with Crippen molar-refractivity contribution in [2.75, 3.05) is 23.0 Å². The van der Waals surface area contributed by atoms with Crippen LogP contribution >= 0.6 is 0 Å². The number of carbonyl (C=O) groups excluding carboxylic acids is 2. The monoisotopic (exact) mass is 377 g/mol. The Morgan fingerprint density at radius 2 is 1.54 bits per heavy atom. The van der Waals surface area contributed by atoms with Gasteiger partial charge in [0.15, 0.2) is 0 Å². The Kier molecular flexibility index (Phi) is 6.14. The molecule has 1 heterocycles. The third-order valence-electron chi connectivity index (χ3n) is 4.74. The van der Waals surface area contributed by atoms with Gasteiger partial charge in [0.25, 0.3) is 11.8 Å². The molecule has 1 aliphatic rings. The molecule has 0 aliphatic carbocycles. The molecule has 2 aromatic carbocycles. The molecule has 0 unspecified atom stereocenters. The zero-order valence-electron chi connectivity index (χ0n) is 16.7. The Hall–Kier alpha value is -3.08. The van der Waals surface area contributed by atoms with Gasteiger partial charge in [0, 0.05) is 18.8 Å². The van der Waals surface area contributed by atoms with Gasteiger partial charge in [-0.15, -0.1) is 0 Å². The number of nitrogens with one attached hydrogen (secondary N) is 1. The van der Waals surface area contributed by atoms with Crippen LogP contribution in [0.4, 0.5) is 11.4 Å². The maximum atomic E-state index is 12.7. The van der Waals surface area contributed by atoms with Crippen LogP contribution in [0.3, 0.4) is 0 Å². The van der Waals surface area contributed by atoms with E-state index < -0.39 is 0 Å². The van der Waals surface area contributed by atoms with Crippen LogP contribution in [0, 0.1) is 6.92 Å². The average Bonchev–Trinajstić information content (AvgIpc) is 2.97. The minimum atomic E-state index is -0.381. The summed E-state index contributed by atoms with van der Waals surface area (Å²) in [6, 6.07) is 15.5. The predicted molar refractivity (Wildman–Crippen MR) is 114 cm³/mol. The van der Waals surface area contributed by atoms with Crippen LogP contribution < -0.4 is 15.3 Å². The van der Waals surface area contributed by atoms with E-state index in [1.165, 1.54) is 5.01 Å². The lowest BCUT2D eigenvalue weighted by Crippen LogP contribution is -2.35. The van der Waals surface area contributed by atoms with E-state index in [-0.39, 0.29) is 17.4 Å². The Morgan fingerprint density at radius 1 is 0.929 bits per heavy atom. The molecule has 2 aromatic rings. The topological polar surface area (TPSA) is 52.7 Å². The number of rotatable bonds is 7. The lowest BCUT2D eigenvalue weighted by Gasteiger charge is -2.23. The smallest absolute Gasteiger partial charge is 0.282 e. The number of carbonyl (C=O) groups is 2. The normalized spacial score (nSPS) is 15.2. The molecule has 5 heteroatoms. The van der Waals surface area contributed by atoms with Gasteiger partial charge in [0.1, 0.15) is 5.57 Å². The molecular weight excluding hydrogens is 350 g/mol. The molecule has 0 saturated carbocycles. The highest BCUT2D eigenvalue weighted by Gasteiger charge is 2.34. The molecule has 1 saturated heterocycles. The molecule has 5 nitrogen and oxygen atoms in total. The van der Waals surface area contributed by atoms with Gasteiger partial charge in [-0.25, -0.2) is 5.01 Å². The zero-order valence-corrected chi connectivity index (χ0v) is 16.7. The highest BCUT2D eigenvalue weighted by molar-refractivity contribution is 6.31. The summed E-state index contributed by atoms with van der Waals surface area (Å²) in [6.07, 6.45) is 3.84. The SMILES string of the molecule is CCCN(CCC)c1ccc(/C=C2\C(=O)NN(c3ccc(C)cc3)C2=O)cc1. The van der Waals surface area contributed by atoms with Crippen molar-refractivity contribution in [1.29, 1.82) is 0 Å². The van der Waals surface area contributed by atoms with E-state index in [0.717, 1.165) is 42.7 Å². The van der Waals surface area contributed by atoms with Gasteiger partial charge < -0.3 is 4.90 Å². The number of nitrogens with zero attached hydrogens (tertiary/aromatic N) is 2. The number of hydrazine groups is 1. The van der Waals surface area contributed by atoms with Crippen molar-refractivity contribution >= 4 is 29.3 Å². The van der Waals surface area contributed by atoms with Crippen LogP contribution in [-0.4, -0.2) is 24.9 Å². The number of anilines is 2. The van der Waals surface area contributed by atoms with E-state index >= 15 is 0 Å². The standard InChI is InChI=1S/C23H27N3O2/c1-4-14-25(15-5-2)19-12-8-18(9-13-19)16-21-22(27)24-26(23(21)28)20-10-6-17(3)7-11-20/h6-13,16H,4-5,14-15H2,1-3H3,(H,24,27)/b21-16+. The van der Waals surface area contributed by atoms with E-state index in [9.17, 15) is 9.59 Å². The number of amides is 2. The number of benzene rings is 2. The van der Waals surface area contributed by atoms with Crippen LogP contribution in [0.2, 0.25) is 0 Å². The van der Waals surface area contributed by atoms with E-state index in [0.29, 0.717) is 5.69 Å². The minimum absolute atomic E-state index is 0.146. The van der Waals surface area contributed by atoms with Crippen LogP contribution in [0.5, 0.6) is 0 Å². The fourth-order valence-electron chi connectivity index (χ4n) is 3.29. The predicted octanol–water partition coefficient (Wildman–Crippen LogP) is 4.08. The molecule has 1 fully saturated rings. The molecule has 0 bridgehead atoms. The molecule has 0 radical (unpaired) electrons. The highest BCUT2D eigenvalue weighted by Crippen LogP contribution is 2.23. The van der Waals surface area contributed by atoms with Crippen LogP contribution in [0.15, 0.2) is 54.1 Å². The molecule has 2 amide bonds. The zero-order chi connectivity index (χ0) is 20.1. The fourth-order valence-corrected chi connectivity index (χ4v) is 3.29. The third-order valence-corrected chi connectivity index (χ3v) is 4.74. The summed E-state index contributed by atoms with van der Waals surface area (Å²) >= 11 is 0. The van der Waals surface area contributed by atoms with E-state index in [4.69, 9.17) is 0 Å². The largest absolute Gasteiger partial charge is 0.372 e. The molecule has 28 heavy (non-hydrogen) atoms. The van der Waals surface area contributed by atoms with Crippen LogP contribution in [0.25, 0.3) is 6.08 Å². The van der Waals surface area contributed by atoms with E-state index in [1.807, 2.05) is 55.5 Å². The maximum Gasteiger partial charge on any atom is 0.282 e. The van der Waals surface area contributed by atoms with Crippen molar-refractivity contribution in [3.8, 4) is 0 Å². The van der Waals surface area contributed by atoms with Gasteiger partial charge in [0.2, 0.25) is 0 Å². The summed E-state index contributed by atoms with van der Waals surface area (Å²) in [6.45, 7) is 8.35. The van der Waals surface area contributed by atoms with Gasteiger partial charge >= 0.3 is 0 Å². The van der Waals surface area contributed by atoms with E-state index in [1.54, 1.807) is 6.08 Å². The van der Waals surface area contributed by atoms with Crippen LogP contribution in [-0.2, 0) is 9.59 Å². The lowest BCUT2D eigenvalue weighted by atomic mass is 10.1. The van der Waals surface area contributed by atoms with Crippen molar-refractivity contribution in [2.24, 2.45) is 0 Å². The summed E-state index contributed by atoms with van der Waals surface area (Å²) in [5.41, 5.74) is 6.53. The Morgan fingerprint density at radius 3 is 2.11 bits per heavy atom. The van der Waals surface area contributed by atoms with Gasteiger partial charge in [-0.3, -0.25) is 15.0 Å². The first kappa shape index (κ1) is 19.7. The van der Waals surface area contributed by atoms with Gasteiger partial charge in [-0.2, -0.15) is 0 Å². The molecule has 0 aromatic heterocycles. The second-order valence-corrected chi connectivity index (χ2v) is 7.05. The maximum absolute atomic E-state index is 12.7. The lowest BCUT2D eigenvalue weighted by molar-refractivity contribution is -0.117. The summed E-state index contributed by atoms with van der Waals surface area (Å²) in [4.78, 5) is 27.4. The van der Waals surface area contributed by atoms with Crippen molar-refractivity contribution in [3.63, 3.8) is 0 Å². The Balaban J connectivity index is 1.80. The Labute approximate surface area is 166 Å². The summed E-state index contributed by atoms with van der Waals surface area (Å²) < 4.78 is 0. The molecule has 1 aliphatic heterocycles. The third kappa shape index (κ3) is 4.25. The summed E-state index contributed by atoms with van der Waals surface area (Å²) in [5, 5.41) is 1.30. The van der Waals surface area contributed by atoms with Crippen molar-refractivity contribution < 1.29 is 9.59 Å². The molecule has 0 atom stereocenters. The second kappa shape index (κ2) is 8.74. The minimum Gasteiger partial charge on any atom is -0.372 e. The first-order valence-corrected chi connectivity index (χ1v) is 9.82.